The van der Waals surface area contributed by atoms with E-state index < -0.39 is 0 Å². The second kappa shape index (κ2) is 9.34. The van der Waals surface area contributed by atoms with Gasteiger partial charge >= 0.3 is 0 Å². The molecule has 0 spiro atoms. The summed E-state index contributed by atoms with van der Waals surface area (Å²) in [5, 5.41) is 11.4. The lowest BCUT2D eigenvalue weighted by atomic mass is 10.2. The van der Waals surface area contributed by atoms with E-state index >= 15 is 0 Å². The first kappa shape index (κ1) is 17.4. The number of oxime groups is 1. The number of amidine groups is 1. The number of aromatic nitrogens is 1. The third kappa shape index (κ3) is 5.36. The van der Waals surface area contributed by atoms with E-state index in [0.29, 0.717) is 11.4 Å². The van der Waals surface area contributed by atoms with Crippen LogP contribution in [0, 0.1) is 11.8 Å². The van der Waals surface area contributed by atoms with E-state index in [0.717, 1.165) is 12.0 Å². The van der Waals surface area contributed by atoms with Crippen LogP contribution in [0.5, 0.6) is 0 Å². The fourth-order valence-electron chi connectivity index (χ4n) is 1.21. The predicted octanol–water partition coefficient (Wildman–Crippen LogP) is 2.20. The highest BCUT2D eigenvalue weighted by Crippen LogP contribution is 1.98. The number of allylic oxidation sites excluding steroid dienone is 2. The quantitative estimate of drug-likeness (QED) is 0.291. The predicted molar refractivity (Wildman–Crippen MR) is 83.1 cm³/mol. The van der Waals surface area contributed by atoms with E-state index in [2.05, 4.69) is 27.0 Å². The first-order valence-corrected chi connectivity index (χ1v) is 5.80. The maximum absolute atomic E-state index is 8.52. The first-order valence-electron chi connectivity index (χ1n) is 5.80. The van der Waals surface area contributed by atoms with E-state index in [1.165, 1.54) is 0 Å². The van der Waals surface area contributed by atoms with Gasteiger partial charge < -0.3 is 10.9 Å². The Hall–Kier alpha value is -2.61. The summed E-state index contributed by atoms with van der Waals surface area (Å²) in [6.07, 6.45) is 6.38. The first-order chi connectivity index (χ1) is 9.21. The third-order valence-electron chi connectivity index (χ3n) is 2.22. The summed E-state index contributed by atoms with van der Waals surface area (Å²) in [5.41, 5.74) is 7.27. The van der Waals surface area contributed by atoms with Crippen LogP contribution in [0.25, 0.3) is 0 Å². The normalized spacial score (nSPS) is 11.7. The molecule has 0 aromatic carbocycles. The average Bonchev–Trinajstić information content (AvgIpc) is 2.47. The monoisotopic (exact) mass is 272 g/mol. The van der Waals surface area contributed by atoms with Crippen molar-refractivity contribution in [3.63, 3.8) is 0 Å². The Kier molecular flexibility index (Phi) is 8.12. The minimum Gasteiger partial charge on any atom is -0.409 e. The lowest BCUT2D eigenvalue weighted by Crippen LogP contribution is -2.14. The van der Waals surface area contributed by atoms with Crippen molar-refractivity contribution in [2.75, 3.05) is 7.05 Å². The van der Waals surface area contributed by atoms with Gasteiger partial charge in [0.2, 0.25) is 0 Å². The van der Waals surface area contributed by atoms with Crippen LogP contribution in [0.3, 0.4) is 0 Å². The van der Waals surface area contributed by atoms with Gasteiger partial charge in [-0.3, -0.25) is 9.98 Å². The molecule has 1 aromatic heterocycles. The number of nitrogens with two attached hydrogens (primary N) is 1. The van der Waals surface area contributed by atoms with Crippen molar-refractivity contribution < 1.29 is 5.21 Å². The molecule has 5 nitrogen and oxygen atoms in total. The molecule has 0 unspecified atom stereocenters. The summed E-state index contributed by atoms with van der Waals surface area (Å²) in [5.74, 6) is 5.87. The highest BCUT2D eigenvalue weighted by molar-refractivity contribution is 6.08. The van der Waals surface area contributed by atoms with Crippen LogP contribution in [0.1, 0.15) is 32.0 Å². The molecule has 5 heteroatoms. The Balaban J connectivity index is 0.00000361. The Morgan fingerprint density at radius 1 is 1.50 bits per heavy atom. The zero-order valence-corrected chi connectivity index (χ0v) is 11.0. The molecule has 20 heavy (non-hydrogen) atoms. The van der Waals surface area contributed by atoms with E-state index in [-0.39, 0.29) is 13.3 Å². The van der Waals surface area contributed by atoms with Crippen LogP contribution in [0.4, 0.5) is 0 Å². The molecule has 0 aliphatic rings. The minimum atomic E-state index is -0.0267. The molecule has 0 radical (unpaired) electrons. The summed E-state index contributed by atoms with van der Waals surface area (Å²) in [4.78, 5) is 8.10. The molecule has 1 heterocycles. The highest BCUT2D eigenvalue weighted by atomic mass is 16.4. The van der Waals surface area contributed by atoms with E-state index in [4.69, 9.17) is 10.9 Å². The number of nitrogens with zero attached hydrogens (tertiary/aromatic N) is 3. The minimum absolute atomic E-state index is 0. The van der Waals surface area contributed by atoms with Gasteiger partial charge in [-0.15, -0.1) is 0 Å². The van der Waals surface area contributed by atoms with E-state index in [1.54, 1.807) is 25.4 Å². The number of pyridine rings is 1. The van der Waals surface area contributed by atoms with Crippen molar-refractivity contribution in [3.05, 3.63) is 41.7 Å². The topological polar surface area (TPSA) is 83.9 Å². The van der Waals surface area contributed by atoms with Gasteiger partial charge in [0.1, 0.15) is 11.4 Å². The molecule has 0 amide bonds. The Labute approximate surface area is 119 Å². The zero-order valence-electron chi connectivity index (χ0n) is 11.0. The van der Waals surface area contributed by atoms with Gasteiger partial charge in [-0.25, -0.2) is 0 Å². The summed E-state index contributed by atoms with van der Waals surface area (Å²) < 4.78 is 0. The highest BCUT2D eigenvalue weighted by Gasteiger charge is 1.99. The van der Waals surface area contributed by atoms with Crippen LogP contribution in [0.2, 0.25) is 0 Å². The van der Waals surface area contributed by atoms with Gasteiger partial charge in [0.15, 0.2) is 5.84 Å². The van der Waals surface area contributed by atoms with Gasteiger partial charge in [0.25, 0.3) is 0 Å². The van der Waals surface area contributed by atoms with Crippen LogP contribution >= 0.6 is 0 Å². The fraction of sp³-hybridized carbons (Fsp3) is 0.267. The van der Waals surface area contributed by atoms with Gasteiger partial charge in [0.05, 0.1) is 0 Å². The van der Waals surface area contributed by atoms with Crippen molar-refractivity contribution in [3.8, 4) is 11.8 Å². The number of hydrogen-bond acceptors (Lipinski definition) is 4. The molecule has 0 fully saturated rings. The number of aliphatic imine (C=N–C) groups is 1. The van der Waals surface area contributed by atoms with Gasteiger partial charge in [-0.2, -0.15) is 0 Å². The van der Waals surface area contributed by atoms with E-state index in [1.807, 2.05) is 19.1 Å². The fourth-order valence-corrected chi connectivity index (χ4v) is 1.21. The Bertz CT molecular complexity index is 560. The summed E-state index contributed by atoms with van der Waals surface area (Å²) in [6, 6.07) is 3.40. The molecule has 1 aromatic rings. The van der Waals surface area contributed by atoms with E-state index in [9.17, 15) is 0 Å². The zero-order chi connectivity index (χ0) is 14.1. The van der Waals surface area contributed by atoms with Crippen LogP contribution in [-0.4, -0.2) is 28.8 Å². The van der Waals surface area contributed by atoms with Crippen LogP contribution < -0.4 is 5.73 Å². The van der Waals surface area contributed by atoms with Gasteiger partial charge in [-0.05, 0) is 30.6 Å². The lowest BCUT2D eigenvalue weighted by Gasteiger charge is -1.96. The maximum Gasteiger partial charge on any atom is 0.188 e. The largest absolute Gasteiger partial charge is 0.409 e. The van der Waals surface area contributed by atoms with Gasteiger partial charge in [-0.1, -0.05) is 31.5 Å². The average molecular weight is 272 g/mol. The van der Waals surface area contributed by atoms with Crippen molar-refractivity contribution in [2.24, 2.45) is 15.9 Å². The third-order valence-corrected chi connectivity index (χ3v) is 2.22. The number of hydrogen-bond donors (Lipinski definition) is 2. The molecular weight excluding hydrogens is 252 g/mol. The molecule has 0 bridgehead atoms. The van der Waals surface area contributed by atoms with Gasteiger partial charge in [0, 0.05) is 18.8 Å². The van der Waals surface area contributed by atoms with Crippen molar-refractivity contribution in [1.82, 2.24) is 4.98 Å². The summed E-state index contributed by atoms with van der Waals surface area (Å²) in [7, 11) is 1.70. The Morgan fingerprint density at radius 3 is 2.75 bits per heavy atom. The van der Waals surface area contributed by atoms with Crippen LogP contribution in [-0.2, 0) is 0 Å². The second-order valence-corrected chi connectivity index (χ2v) is 3.59. The maximum atomic E-state index is 8.52. The van der Waals surface area contributed by atoms with Crippen molar-refractivity contribution in [2.45, 2.75) is 20.8 Å². The summed E-state index contributed by atoms with van der Waals surface area (Å²) >= 11 is 0. The molecule has 3 N–H and O–H groups in total. The molecular formula is C15H20N4O. The van der Waals surface area contributed by atoms with Crippen molar-refractivity contribution >= 4 is 11.5 Å². The second-order valence-electron chi connectivity index (χ2n) is 3.59. The molecule has 0 aliphatic carbocycles. The molecule has 0 saturated carbocycles. The smallest absolute Gasteiger partial charge is 0.188 e. The lowest BCUT2D eigenvalue weighted by molar-refractivity contribution is 0.318. The molecule has 0 atom stereocenters. The standard InChI is InChI=1S/C14H16N4O.CH4/c1-3-4-5-12(16-2)8-6-11-7-9-13(17-10-11)14(15)18-19;/h4-5,7,9-10,19H,3H2,1-2H3,(H2,15,18);1H4/b5-4-,16-12?;. The van der Waals surface area contributed by atoms with Crippen LogP contribution in [0.15, 0.2) is 40.6 Å². The van der Waals surface area contributed by atoms with Crippen molar-refractivity contribution in [1.29, 1.82) is 0 Å². The Morgan fingerprint density at radius 2 is 2.25 bits per heavy atom. The molecule has 1 rings (SSSR count). The SMILES string of the molecule is C.CC/C=C\C(C#Cc1ccc(/C(N)=N/O)nc1)=NC. The number of rotatable bonds is 3. The molecule has 0 aliphatic heterocycles. The molecule has 106 valence electrons. The summed E-state index contributed by atoms with van der Waals surface area (Å²) in [6.45, 7) is 2.05. The molecule has 0 saturated heterocycles.